The lowest BCUT2D eigenvalue weighted by Crippen LogP contribution is -2.29. The van der Waals surface area contributed by atoms with Crippen LogP contribution < -0.4 is 14.8 Å². The van der Waals surface area contributed by atoms with Crippen molar-refractivity contribution in [3.05, 3.63) is 23.8 Å². The molecule has 16 heavy (non-hydrogen) atoms. The fourth-order valence-electron chi connectivity index (χ4n) is 2.03. The lowest BCUT2D eigenvalue weighted by molar-refractivity contribution is 0.392. The third-order valence-electron chi connectivity index (χ3n) is 3.34. The molecule has 0 aromatic heterocycles. The van der Waals surface area contributed by atoms with E-state index in [-0.39, 0.29) is 0 Å². The van der Waals surface area contributed by atoms with Crippen molar-refractivity contribution in [3.8, 4) is 11.5 Å². The van der Waals surface area contributed by atoms with E-state index in [1.807, 2.05) is 13.1 Å². The molecule has 1 aromatic rings. The summed E-state index contributed by atoms with van der Waals surface area (Å²) >= 11 is 0. The quantitative estimate of drug-likeness (QED) is 0.825. The molecular formula is C13H19NO2. The van der Waals surface area contributed by atoms with Crippen LogP contribution in [0, 0.1) is 0 Å². The Labute approximate surface area is 96.8 Å². The standard InChI is InChI=1S/C13H19NO2/c1-14-13(4-5-13)9-10-6-11(15-2)8-12(7-10)16-3/h6-8,14H,4-5,9H2,1-3H3. The Morgan fingerprint density at radius 2 is 1.69 bits per heavy atom. The Balaban J connectivity index is 2.19. The number of nitrogens with one attached hydrogen (secondary N) is 1. The minimum absolute atomic E-state index is 0.317. The Hall–Kier alpha value is -1.22. The zero-order valence-corrected chi connectivity index (χ0v) is 10.2. The lowest BCUT2D eigenvalue weighted by atomic mass is 10.0. The topological polar surface area (TPSA) is 30.5 Å². The molecule has 2 rings (SSSR count). The molecule has 0 atom stereocenters. The van der Waals surface area contributed by atoms with Crippen LogP contribution in [0.2, 0.25) is 0 Å². The summed E-state index contributed by atoms with van der Waals surface area (Å²) in [5, 5.41) is 3.39. The first-order valence-electron chi connectivity index (χ1n) is 5.62. The molecule has 1 aliphatic carbocycles. The third-order valence-corrected chi connectivity index (χ3v) is 3.34. The molecule has 1 fully saturated rings. The van der Waals surface area contributed by atoms with Crippen molar-refractivity contribution >= 4 is 0 Å². The van der Waals surface area contributed by atoms with E-state index in [2.05, 4.69) is 17.4 Å². The van der Waals surface area contributed by atoms with Crippen molar-refractivity contribution in [2.45, 2.75) is 24.8 Å². The van der Waals surface area contributed by atoms with Crippen LogP contribution in [0.3, 0.4) is 0 Å². The van der Waals surface area contributed by atoms with Crippen LogP contribution in [0.4, 0.5) is 0 Å². The number of methoxy groups -OCH3 is 2. The first kappa shape index (κ1) is 11.3. The third kappa shape index (κ3) is 2.30. The molecule has 1 aliphatic rings. The zero-order chi connectivity index (χ0) is 11.6. The van der Waals surface area contributed by atoms with Crippen molar-refractivity contribution in [1.82, 2.24) is 5.32 Å². The summed E-state index contributed by atoms with van der Waals surface area (Å²) in [5.41, 5.74) is 1.58. The first-order valence-corrected chi connectivity index (χ1v) is 5.62. The molecule has 1 aromatic carbocycles. The van der Waals surface area contributed by atoms with Crippen molar-refractivity contribution in [3.63, 3.8) is 0 Å². The van der Waals surface area contributed by atoms with E-state index in [9.17, 15) is 0 Å². The van der Waals surface area contributed by atoms with Gasteiger partial charge in [0.25, 0.3) is 0 Å². The lowest BCUT2D eigenvalue weighted by Gasteiger charge is -2.15. The highest BCUT2D eigenvalue weighted by molar-refractivity contribution is 5.39. The molecule has 3 nitrogen and oxygen atoms in total. The smallest absolute Gasteiger partial charge is 0.122 e. The maximum absolute atomic E-state index is 5.27. The Morgan fingerprint density at radius 3 is 2.06 bits per heavy atom. The van der Waals surface area contributed by atoms with Gasteiger partial charge in [-0.05, 0) is 44.0 Å². The molecular weight excluding hydrogens is 202 g/mol. The van der Waals surface area contributed by atoms with Crippen LogP contribution >= 0.6 is 0 Å². The van der Waals surface area contributed by atoms with Crippen LogP contribution in [0.1, 0.15) is 18.4 Å². The minimum Gasteiger partial charge on any atom is -0.497 e. The van der Waals surface area contributed by atoms with Gasteiger partial charge in [-0.2, -0.15) is 0 Å². The zero-order valence-electron chi connectivity index (χ0n) is 10.2. The number of hydrogen-bond acceptors (Lipinski definition) is 3. The fraction of sp³-hybridized carbons (Fsp3) is 0.538. The van der Waals surface area contributed by atoms with Gasteiger partial charge in [0, 0.05) is 11.6 Å². The van der Waals surface area contributed by atoms with E-state index in [4.69, 9.17) is 9.47 Å². The number of ether oxygens (including phenoxy) is 2. The molecule has 0 saturated heterocycles. The van der Waals surface area contributed by atoms with Crippen molar-refractivity contribution in [1.29, 1.82) is 0 Å². The summed E-state index contributed by atoms with van der Waals surface area (Å²) in [4.78, 5) is 0. The SMILES string of the molecule is CNC1(Cc2cc(OC)cc(OC)c2)CC1. The molecule has 0 bridgehead atoms. The summed E-state index contributed by atoms with van der Waals surface area (Å²) in [5.74, 6) is 1.72. The average molecular weight is 221 g/mol. The molecule has 0 amide bonds. The van der Waals surface area contributed by atoms with Gasteiger partial charge in [-0.25, -0.2) is 0 Å². The van der Waals surface area contributed by atoms with E-state index in [1.54, 1.807) is 14.2 Å². The van der Waals surface area contributed by atoms with Gasteiger partial charge in [0.1, 0.15) is 11.5 Å². The van der Waals surface area contributed by atoms with Crippen LogP contribution in [0.15, 0.2) is 18.2 Å². The monoisotopic (exact) mass is 221 g/mol. The predicted octanol–water partition coefficient (Wildman–Crippen LogP) is 2.00. The van der Waals surface area contributed by atoms with E-state index < -0.39 is 0 Å². The van der Waals surface area contributed by atoms with Gasteiger partial charge in [0.2, 0.25) is 0 Å². The number of likely N-dealkylation sites (N-methyl/N-ethyl adjacent to an activating group) is 1. The molecule has 0 unspecified atom stereocenters. The highest BCUT2D eigenvalue weighted by Crippen LogP contribution is 2.39. The van der Waals surface area contributed by atoms with Gasteiger partial charge in [0.15, 0.2) is 0 Å². The van der Waals surface area contributed by atoms with Gasteiger partial charge in [-0.3, -0.25) is 0 Å². The Kier molecular flexibility index (Phi) is 3.06. The van der Waals surface area contributed by atoms with Gasteiger partial charge >= 0.3 is 0 Å². The molecule has 0 aliphatic heterocycles. The number of rotatable bonds is 5. The molecule has 0 radical (unpaired) electrons. The van der Waals surface area contributed by atoms with Crippen LogP contribution in [0.25, 0.3) is 0 Å². The molecule has 0 spiro atoms. The van der Waals surface area contributed by atoms with E-state index >= 15 is 0 Å². The van der Waals surface area contributed by atoms with E-state index in [1.165, 1.54) is 18.4 Å². The molecule has 1 N–H and O–H groups in total. The second kappa shape index (κ2) is 4.34. The van der Waals surface area contributed by atoms with Crippen LogP contribution in [0.5, 0.6) is 11.5 Å². The molecule has 3 heteroatoms. The largest absolute Gasteiger partial charge is 0.497 e. The van der Waals surface area contributed by atoms with Crippen molar-refractivity contribution in [2.24, 2.45) is 0 Å². The predicted molar refractivity (Wildman–Crippen MR) is 64.3 cm³/mol. The molecule has 88 valence electrons. The van der Waals surface area contributed by atoms with Gasteiger partial charge in [-0.1, -0.05) is 0 Å². The molecule has 1 saturated carbocycles. The first-order chi connectivity index (χ1) is 7.71. The number of hydrogen-bond donors (Lipinski definition) is 1. The maximum Gasteiger partial charge on any atom is 0.122 e. The minimum atomic E-state index is 0.317. The summed E-state index contributed by atoms with van der Waals surface area (Å²) in [6, 6.07) is 6.07. The summed E-state index contributed by atoms with van der Waals surface area (Å²) in [7, 11) is 5.40. The van der Waals surface area contributed by atoms with Gasteiger partial charge < -0.3 is 14.8 Å². The van der Waals surface area contributed by atoms with Crippen LogP contribution in [-0.4, -0.2) is 26.8 Å². The van der Waals surface area contributed by atoms with Gasteiger partial charge in [0.05, 0.1) is 14.2 Å². The fourth-order valence-corrected chi connectivity index (χ4v) is 2.03. The Morgan fingerprint density at radius 1 is 1.12 bits per heavy atom. The van der Waals surface area contributed by atoms with E-state index in [0.29, 0.717) is 5.54 Å². The second-order valence-corrected chi connectivity index (χ2v) is 4.43. The normalized spacial score (nSPS) is 16.9. The van der Waals surface area contributed by atoms with Gasteiger partial charge in [-0.15, -0.1) is 0 Å². The highest BCUT2D eigenvalue weighted by Gasteiger charge is 2.40. The van der Waals surface area contributed by atoms with Crippen molar-refractivity contribution in [2.75, 3.05) is 21.3 Å². The number of benzene rings is 1. The summed E-state index contributed by atoms with van der Waals surface area (Å²) < 4.78 is 10.5. The maximum atomic E-state index is 5.27. The summed E-state index contributed by atoms with van der Waals surface area (Å²) in [6.07, 6.45) is 3.54. The highest BCUT2D eigenvalue weighted by atomic mass is 16.5. The average Bonchev–Trinajstić information content (AvgIpc) is 3.09. The van der Waals surface area contributed by atoms with E-state index in [0.717, 1.165) is 17.9 Å². The molecule has 0 heterocycles. The Bertz CT molecular complexity index is 350. The summed E-state index contributed by atoms with van der Waals surface area (Å²) in [6.45, 7) is 0. The van der Waals surface area contributed by atoms with Crippen molar-refractivity contribution < 1.29 is 9.47 Å². The second-order valence-electron chi connectivity index (χ2n) is 4.43. The van der Waals surface area contributed by atoms with Crippen LogP contribution in [-0.2, 0) is 6.42 Å².